The van der Waals surface area contributed by atoms with E-state index in [2.05, 4.69) is 15.9 Å². The number of hydrogen-bond donors (Lipinski definition) is 2. The summed E-state index contributed by atoms with van der Waals surface area (Å²) in [6.45, 7) is 0. The van der Waals surface area contributed by atoms with Crippen LogP contribution < -0.4 is 16.2 Å². The highest BCUT2D eigenvalue weighted by Gasteiger charge is 2.03. The van der Waals surface area contributed by atoms with Crippen LogP contribution in [0.3, 0.4) is 0 Å². The number of anilines is 2. The lowest BCUT2D eigenvalue weighted by molar-refractivity contribution is 0.476. The lowest BCUT2D eigenvalue weighted by Crippen LogP contribution is -1.95. The van der Waals surface area contributed by atoms with Gasteiger partial charge in [0.15, 0.2) is 0 Å². The van der Waals surface area contributed by atoms with E-state index in [1.54, 1.807) is 24.3 Å². The molecule has 0 atom stereocenters. The first kappa shape index (κ1) is 11.7. The molecule has 0 heterocycles. The Labute approximate surface area is 106 Å². The SMILES string of the molecule is Nc1ccc(Oc2cc(F)cc(Br)c2)cc1N. The maximum absolute atomic E-state index is 13.1. The summed E-state index contributed by atoms with van der Waals surface area (Å²) < 4.78 is 19.2. The summed E-state index contributed by atoms with van der Waals surface area (Å²) in [5.74, 6) is 0.521. The van der Waals surface area contributed by atoms with Crippen LogP contribution in [0.2, 0.25) is 0 Å². The molecule has 0 aliphatic rings. The number of benzene rings is 2. The van der Waals surface area contributed by atoms with Crippen molar-refractivity contribution in [2.45, 2.75) is 0 Å². The van der Waals surface area contributed by atoms with Gasteiger partial charge in [0.2, 0.25) is 0 Å². The van der Waals surface area contributed by atoms with E-state index in [1.807, 2.05) is 0 Å². The van der Waals surface area contributed by atoms with E-state index in [9.17, 15) is 4.39 Å². The molecule has 3 nitrogen and oxygen atoms in total. The molecule has 0 aliphatic carbocycles. The molecule has 4 N–H and O–H groups in total. The summed E-state index contributed by atoms with van der Waals surface area (Å²) in [5, 5.41) is 0. The second-order valence-electron chi connectivity index (χ2n) is 3.50. The van der Waals surface area contributed by atoms with E-state index < -0.39 is 0 Å². The fourth-order valence-electron chi connectivity index (χ4n) is 1.34. The van der Waals surface area contributed by atoms with E-state index in [-0.39, 0.29) is 5.82 Å². The average Bonchev–Trinajstić information content (AvgIpc) is 2.22. The summed E-state index contributed by atoms with van der Waals surface area (Å²) in [7, 11) is 0. The van der Waals surface area contributed by atoms with Gasteiger partial charge < -0.3 is 16.2 Å². The Morgan fingerprint density at radius 2 is 1.71 bits per heavy atom. The first-order chi connectivity index (χ1) is 8.04. The van der Waals surface area contributed by atoms with E-state index in [0.29, 0.717) is 27.3 Å². The van der Waals surface area contributed by atoms with Crippen LogP contribution in [0.4, 0.5) is 15.8 Å². The highest BCUT2D eigenvalue weighted by molar-refractivity contribution is 9.10. The Morgan fingerprint density at radius 1 is 0.941 bits per heavy atom. The largest absolute Gasteiger partial charge is 0.457 e. The van der Waals surface area contributed by atoms with Gasteiger partial charge in [-0.1, -0.05) is 15.9 Å². The van der Waals surface area contributed by atoms with Crippen molar-refractivity contribution < 1.29 is 9.13 Å². The smallest absolute Gasteiger partial charge is 0.131 e. The highest BCUT2D eigenvalue weighted by Crippen LogP contribution is 2.28. The minimum atomic E-state index is -0.377. The summed E-state index contributed by atoms with van der Waals surface area (Å²) in [6, 6.07) is 9.20. The van der Waals surface area contributed by atoms with Crippen LogP contribution in [0, 0.1) is 5.82 Å². The minimum Gasteiger partial charge on any atom is -0.457 e. The van der Waals surface area contributed by atoms with Gasteiger partial charge in [-0.15, -0.1) is 0 Å². The Balaban J connectivity index is 2.28. The Bertz CT molecular complexity index is 540. The number of rotatable bonds is 2. The number of halogens is 2. The van der Waals surface area contributed by atoms with Crippen molar-refractivity contribution >= 4 is 27.3 Å². The number of nitrogens with two attached hydrogens (primary N) is 2. The van der Waals surface area contributed by atoms with Gasteiger partial charge >= 0.3 is 0 Å². The van der Waals surface area contributed by atoms with Crippen LogP contribution in [0.5, 0.6) is 11.5 Å². The van der Waals surface area contributed by atoms with Gasteiger partial charge in [-0.05, 0) is 24.3 Å². The van der Waals surface area contributed by atoms with Crippen LogP contribution in [0.25, 0.3) is 0 Å². The molecule has 2 rings (SSSR count). The molecule has 88 valence electrons. The van der Waals surface area contributed by atoms with Crippen molar-refractivity contribution in [1.82, 2.24) is 0 Å². The third-order valence-corrected chi connectivity index (χ3v) is 2.59. The van der Waals surface area contributed by atoms with Crippen molar-refractivity contribution in [1.29, 1.82) is 0 Å². The van der Waals surface area contributed by atoms with Gasteiger partial charge in [0.05, 0.1) is 11.4 Å². The fourth-order valence-corrected chi connectivity index (χ4v) is 1.78. The summed E-state index contributed by atoms with van der Waals surface area (Å²) >= 11 is 3.19. The molecule has 0 saturated carbocycles. The van der Waals surface area contributed by atoms with Gasteiger partial charge in [0.25, 0.3) is 0 Å². The van der Waals surface area contributed by atoms with Crippen LogP contribution >= 0.6 is 15.9 Å². The van der Waals surface area contributed by atoms with Crippen molar-refractivity contribution in [3.05, 3.63) is 46.7 Å². The molecule has 5 heteroatoms. The van der Waals surface area contributed by atoms with Crippen LogP contribution in [0.1, 0.15) is 0 Å². The zero-order valence-corrected chi connectivity index (χ0v) is 10.4. The molecular weight excluding hydrogens is 287 g/mol. The summed E-state index contributed by atoms with van der Waals surface area (Å²) in [5.41, 5.74) is 12.1. The summed E-state index contributed by atoms with van der Waals surface area (Å²) in [4.78, 5) is 0. The predicted octanol–water partition coefficient (Wildman–Crippen LogP) is 3.54. The Morgan fingerprint density at radius 3 is 2.35 bits per heavy atom. The predicted molar refractivity (Wildman–Crippen MR) is 69.4 cm³/mol. The molecule has 0 unspecified atom stereocenters. The van der Waals surface area contributed by atoms with Gasteiger partial charge in [0.1, 0.15) is 17.3 Å². The highest BCUT2D eigenvalue weighted by atomic mass is 79.9. The molecule has 0 fully saturated rings. The molecule has 17 heavy (non-hydrogen) atoms. The van der Waals surface area contributed by atoms with Crippen LogP contribution in [0.15, 0.2) is 40.9 Å². The molecule has 2 aromatic carbocycles. The molecule has 0 saturated heterocycles. The molecule has 0 aromatic heterocycles. The Hall–Kier alpha value is -1.75. The second kappa shape index (κ2) is 4.63. The molecule has 0 aliphatic heterocycles. The Kier molecular flexibility index (Phi) is 3.19. The van der Waals surface area contributed by atoms with E-state index in [0.717, 1.165) is 0 Å². The number of nitrogen functional groups attached to an aromatic ring is 2. The maximum atomic E-state index is 13.1. The number of ether oxygens (including phenoxy) is 1. The van der Waals surface area contributed by atoms with Gasteiger partial charge in [-0.3, -0.25) is 0 Å². The zero-order valence-electron chi connectivity index (χ0n) is 8.78. The summed E-state index contributed by atoms with van der Waals surface area (Å²) in [6.07, 6.45) is 0. The van der Waals surface area contributed by atoms with Crippen molar-refractivity contribution in [2.24, 2.45) is 0 Å². The topological polar surface area (TPSA) is 61.3 Å². The second-order valence-corrected chi connectivity index (χ2v) is 4.41. The van der Waals surface area contributed by atoms with Crippen LogP contribution in [-0.2, 0) is 0 Å². The lowest BCUT2D eigenvalue weighted by atomic mass is 10.2. The van der Waals surface area contributed by atoms with E-state index in [4.69, 9.17) is 16.2 Å². The quantitative estimate of drug-likeness (QED) is 0.833. The number of hydrogen-bond acceptors (Lipinski definition) is 3. The minimum absolute atomic E-state index is 0.377. The first-order valence-electron chi connectivity index (χ1n) is 4.83. The van der Waals surface area contributed by atoms with E-state index in [1.165, 1.54) is 12.1 Å². The third-order valence-electron chi connectivity index (χ3n) is 2.13. The van der Waals surface area contributed by atoms with Crippen molar-refractivity contribution in [3.8, 4) is 11.5 Å². The standard InChI is InChI=1S/C12H10BrFN2O/c13-7-3-8(14)5-10(4-7)17-9-1-2-11(15)12(16)6-9/h1-6H,15-16H2. The molecule has 0 spiro atoms. The zero-order chi connectivity index (χ0) is 12.4. The fraction of sp³-hybridized carbons (Fsp3) is 0. The molecule has 0 radical (unpaired) electrons. The maximum Gasteiger partial charge on any atom is 0.131 e. The average molecular weight is 297 g/mol. The van der Waals surface area contributed by atoms with Crippen LogP contribution in [-0.4, -0.2) is 0 Å². The monoisotopic (exact) mass is 296 g/mol. The molecule has 2 aromatic rings. The van der Waals surface area contributed by atoms with Gasteiger partial charge in [0, 0.05) is 16.6 Å². The lowest BCUT2D eigenvalue weighted by Gasteiger charge is -2.08. The third kappa shape index (κ3) is 2.88. The molecular formula is C12H10BrFN2O. The van der Waals surface area contributed by atoms with Crippen molar-refractivity contribution in [2.75, 3.05) is 11.5 Å². The van der Waals surface area contributed by atoms with E-state index >= 15 is 0 Å². The molecule has 0 amide bonds. The first-order valence-corrected chi connectivity index (χ1v) is 5.63. The normalized spacial score (nSPS) is 10.2. The van der Waals surface area contributed by atoms with Gasteiger partial charge in [-0.25, -0.2) is 4.39 Å². The molecule has 0 bridgehead atoms. The van der Waals surface area contributed by atoms with Crippen molar-refractivity contribution in [3.63, 3.8) is 0 Å². The van der Waals surface area contributed by atoms with Gasteiger partial charge in [-0.2, -0.15) is 0 Å².